The first kappa shape index (κ1) is 23.4. The van der Waals surface area contributed by atoms with Crippen molar-refractivity contribution >= 4 is 28.8 Å². The van der Waals surface area contributed by atoms with Crippen LogP contribution in [0.4, 0.5) is 5.69 Å². The van der Waals surface area contributed by atoms with Gasteiger partial charge in [-0.15, -0.1) is 0 Å². The number of rotatable bonds is 5. The number of para-hydroxylation sites is 1. The Morgan fingerprint density at radius 3 is 2.41 bits per heavy atom. The molecule has 5 nitrogen and oxygen atoms in total. The molecular formula is C31H28ClN3O2. The predicted octanol–water partition coefficient (Wildman–Crippen LogP) is 7.63. The molecule has 2 aromatic heterocycles. The zero-order valence-corrected chi connectivity index (χ0v) is 21.7. The van der Waals surface area contributed by atoms with E-state index in [-0.39, 0.29) is 5.91 Å². The smallest absolute Gasteiger partial charge is 0.273 e. The van der Waals surface area contributed by atoms with Crippen molar-refractivity contribution in [3.63, 3.8) is 0 Å². The van der Waals surface area contributed by atoms with Crippen LogP contribution >= 0.6 is 11.6 Å². The van der Waals surface area contributed by atoms with Gasteiger partial charge in [-0.3, -0.25) is 9.20 Å². The second-order valence-electron chi connectivity index (χ2n) is 9.55. The second kappa shape index (κ2) is 9.49. The Hall–Kier alpha value is -3.96. The third kappa shape index (κ3) is 4.09. The monoisotopic (exact) mass is 509 g/mol. The number of hydrogen-bond donors (Lipinski definition) is 1. The van der Waals surface area contributed by atoms with Crippen LogP contribution in [0.1, 0.15) is 34.5 Å². The fourth-order valence-corrected chi connectivity index (χ4v) is 5.56. The summed E-state index contributed by atoms with van der Waals surface area (Å²) in [6.45, 7) is 3.00. The number of carbonyl (C=O) groups is 1. The molecule has 0 saturated carbocycles. The zero-order chi connectivity index (χ0) is 25.5. The summed E-state index contributed by atoms with van der Waals surface area (Å²) in [6, 6.07) is 23.9. The highest BCUT2D eigenvalue weighted by molar-refractivity contribution is 6.34. The molecule has 0 unspecified atom stereocenters. The summed E-state index contributed by atoms with van der Waals surface area (Å²) in [6.07, 6.45) is 5.16. The van der Waals surface area contributed by atoms with Gasteiger partial charge in [0.25, 0.3) is 5.91 Å². The van der Waals surface area contributed by atoms with Gasteiger partial charge in [0, 0.05) is 23.9 Å². The van der Waals surface area contributed by atoms with Crippen LogP contribution in [0, 0.1) is 6.92 Å². The Morgan fingerprint density at radius 1 is 0.946 bits per heavy atom. The molecule has 186 valence electrons. The van der Waals surface area contributed by atoms with E-state index in [0.29, 0.717) is 16.4 Å². The number of amides is 1. The van der Waals surface area contributed by atoms with Gasteiger partial charge in [-0.1, -0.05) is 65.7 Å². The summed E-state index contributed by atoms with van der Waals surface area (Å²) in [7, 11) is 1.66. The average Bonchev–Trinajstić information content (AvgIpc) is 3.33. The number of aryl methyl sites for hydroxylation is 3. The Morgan fingerprint density at radius 2 is 1.68 bits per heavy atom. The quantitative estimate of drug-likeness (QED) is 0.264. The lowest BCUT2D eigenvalue weighted by molar-refractivity contribution is 0.102. The average molecular weight is 510 g/mol. The lowest BCUT2D eigenvalue weighted by Crippen LogP contribution is -2.15. The van der Waals surface area contributed by atoms with Crippen LogP contribution in [-0.2, 0) is 13.0 Å². The molecule has 1 aliphatic heterocycles. The molecule has 37 heavy (non-hydrogen) atoms. The number of carbonyl (C=O) groups excluding carboxylic acids is 1. The van der Waals surface area contributed by atoms with E-state index in [9.17, 15) is 4.79 Å². The predicted molar refractivity (Wildman–Crippen MR) is 150 cm³/mol. The summed E-state index contributed by atoms with van der Waals surface area (Å²) in [5.41, 5.74) is 8.94. The van der Waals surface area contributed by atoms with Crippen molar-refractivity contribution in [2.45, 2.75) is 32.7 Å². The Balaban J connectivity index is 1.60. The van der Waals surface area contributed by atoms with Crippen molar-refractivity contribution < 1.29 is 9.53 Å². The van der Waals surface area contributed by atoms with Crippen LogP contribution in [0.15, 0.2) is 79.0 Å². The van der Waals surface area contributed by atoms with Crippen molar-refractivity contribution in [3.05, 3.63) is 101 Å². The zero-order valence-electron chi connectivity index (χ0n) is 20.9. The summed E-state index contributed by atoms with van der Waals surface area (Å²) in [5.74, 6) is 0.597. The van der Waals surface area contributed by atoms with Crippen molar-refractivity contribution in [3.8, 4) is 28.1 Å². The normalized spacial score (nSPS) is 12.9. The van der Waals surface area contributed by atoms with Gasteiger partial charge in [0.2, 0.25) is 0 Å². The number of nitrogens with zero attached hydrogens (tertiary/aromatic N) is 2. The number of anilines is 1. The molecule has 3 aromatic carbocycles. The van der Waals surface area contributed by atoms with Gasteiger partial charge in [-0.05, 0) is 61.6 Å². The second-order valence-corrected chi connectivity index (χ2v) is 9.95. The minimum absolute atomic E-state index is 0.187. The first-order chi connectivity index (χ1) is 18.0. The number of methoxy groups -OCH3 is 1. The fourth-order valence-electron chi connectivity index (χ4n) is 5.38. The highest BCUT2D eigenvalue weighted by Gasteiger charge is 2.29. The van der Waals surface area contributed by atoms with E-state index in [1.807, 2.05) is 42.5 Å². The molecule has 3 heterocycles. The van der Waals surface area contributed by atoms with E-state index in [1.54, 1.807) is 13.2 Å². The first-order valence-electron chi connectivity index (χ1n) is 12.6. The van der Waals surface area contributed by atoms with E-state index in [1.165, 1.54) is 11.1 Å². The van der Waals surface area contributed by atoms with Gasteiger partial charge in [0.15, 0.2) is 0 Å². The molecule has 6 heteroatoms. The first-order valence-corrected chi connectivity index (χ1v) is 13.0. The maximum absolute atomic E-state index is 14.0. The van der Waals surface area contributed by atoms with Crippen molar-refractivity contribution in [2.24, 2.45) is 0 Å². The molecule has 1 N–H and O–H groups in total. The largest absolute Gasteiger partial charge is 0.497 e. The number of imidazole rings is 1. The summed E-state index contributed by atoms with van der Waals surface area (Å²) < 4.78 is 9.86. The van der Waals surface area contributed by atoms with E-state index in [4.69, 9.17) is 16.3 Å². The van der Waals surface area contributed by atoms with Crippen molar-refractivity contribution in [1.82, 2.24) is 8.97 Å². The Bertz CT molecular complexity index is 1610. The highest BCUT2D eigenvalue weighted by Crippen LogP contribution is 2.40. The number of nitrogens with one attached hydrogen (secondary N) is 1. The number of hydrogen-bond acceptors (Lipinski definition) is 2. The lowest BCUT2D eigenvalue weighted by Gasteiger charge is -2.11. The lowest BCUT2D eigenvalue weighted by atomic mass is 9.97. The molecule has 5 aromatic rings. The molecule has 6 rings (SSSR count). The van der Waals surface area contributed by atoms with Crippen LogP contribution < -0.4 is 10.1 Å². The summed E-state index contributed by atoms with van der Waals surface area (Å²) >= 11 is 6.41. The van der Waals surface area contributed by atoms with Crippen molar-refractivity contribution in [2.75, 3.05) is 12.4 Å². The SMILES string of the molecule is COc1ccc(-c2c3c4n(c(-c5ccc(C)cc5)cn4c2C(=O)Nc2ccccc2Cl)CCCC3)cc1. The summed E-state index contributed by atoms with van der Waals surface area (Å²) in [5, 5.41) is 3.58. The standard InChI is InChI=1S/C31H28ClN3O2/c1-20-10-12-21(13-11-20)27-19-35-29(30(36)33-26-9-4-3-8-25(26)32)28(22-14-16-23(37-2)17-15-22)24-7-5-6-18-34(27)31(24)35/h3-4,8-17,19H,5-7,18H2,1-2H3,(H,33,36). The highest BCUT2D eigenvalue weighted by atomic mass is 35.5. The van der Waals surface area contributed by atoms with Crippen LogP contribution in [0.3, 0.4) is 0 Å². The van der Waals surface area contributed by atoms with E-state index in [2.05, 4.69) is 51.7 Å². The van der Waals surface area contributed by atoms with Gasteiger partial charge in [-0.2, -0.15) is 0 Å². The summed E-state index contributed by atoms with van der Waals surface area (Å²) in [4.78, 5) is 14.0. The Kier molecular flexibility index (Phi) is 6.01. The molecule has 0 atom stereocenters. The van der Waals surface area contributed by atoms with Crippen molar-refractivity contribution in [1.29, 1.82) is 0 Å². The third-order valence-corrected chi connectivity index (χ3v) is 7.53. The molecule has 0 radical (unpaired) electrons. The number of benzene rings is 3. The minimum Gasteiger partial charge on any atom is -0.497 e. The van der Waals surface area contributed by atoms with Crippen LogP contribution in [0.5, 0.6) is 5.75 Å². The topological polar surface area (TPSA) is 47.7 Å². The van der Waals surface area contributed by atoms with Gasteiger partial charge < -0.3 is 14.6 Å². The molecule has 0 saturated heterocycles. The molecule has 0 fully saturated rings. The maximum Gasteiger partial charge on any atom is 0.273 e. The van der Waals surface area contributed by atoms with Crippen LogP contribution in [-0.4, -0.2) is 22.0 Å². The molecule has 0 aliphatic carbocycles. The minimum atomic E-state index is -0.187. The van der Waals surface area contributed by atoms with E-state index in [0.717, 1.165) is 59.6 Å². The maximum atomic E-state index is 14.0. The van der Waals surface area contributed by atoms with Gasteiger partial charge in [-0.25, -0.2) is 0 Å². The fraction of sp³-hybridized carbons (Fsp3) is 0.194. The molecule has 1 aliphatic rings. The van der Waals surface area contributed by atoms with Crippen LogP contribution in [0.2, 0.25) is 5.02 Å². The number of aromatic nitrogens is 2. The number of ether oxygens (including phenoxy) is 1. The van der Waals surface area contributed by atoms with Gasteiger partial charge in [0.05, 0.1) is 23.5 Å². The van der Waals surface area contributed by atoms with Gasteiger partial charge >= 0.3 is 0 Å². The Labute approximate surface area is 221 Å². The molecule has 1 amide bonds. The molecule has 0 bridgehead atoms. The third-order valence-electron chi connectivity index (χ3n) is 7.20. The molecule has 0 spiro atoms. The van der Waals surface area contributed by atoms with Crippen LogP contribution in [0.25, 0.3) is 28.0 Å². The molecular weight excluding hydrogens is 482 g/mol. The van der Waals surface area contributed by atoms with E-state index < -0.39 is 0 Å². The number of halogens is 1. The van der Waals surface area contributed by atoms with Gasteiger partial charge in [0.1, 0.15) is 17.1 Å². The van der Waals surface area contributed by atoms with E-state index >= 15 is 0 Å².